The van der Waals surface area contributed by atoms with E-state index in [0.717, 1.165) is 50.3 Å². The van der Waals surface area contributed by atoms with Gasteiger partial charge < -0.3 is 20.7 Å². The van der Waals surface area contributed by atoms with Crippen molar-refractivity contribution >= 4 is 47.6 Å². The molecule has 1 aromatic carbocycles. The molecule has 2 amide bonds. The van der Waals surface area contributed by atoms with Gasteiger partial charge in [0.2, 0.25) is 5.91 Å². The molecule has 2 rings (SSSR count). The summed E-state index contributed by atoms with van der Waals surface area (Å²) >= 11 is 0. The second-order valence-corrected chi connectivity index (χ2v) is 8.71. The van der Waals surface area contributed by atoms with Gasteiger partial charge in [0.05, 0.1) is 0 Å². The van der Waals surface area contributed by atoms with Crippen molar-refractivity contribution in [3.8, 4) is 0 Å². The van der Waals surface area contributed by atoms with E-state index in [-0.39, 0.29) is 29.9 Å². The summed E-state index contributed by atoms with van der Waals surface area (Å²) in [6.07, 6.45) is 3.84. The van der Waals surface area contributed by atoms with Gasteiger partial charge in [-0.1, -0.05) is 12.1 Å². The van der Waals surface area contributed by atoms with Crippen molar-refractivity contribution < 1.29 is 14.3 Å². The number of nitrogens with zero attached hydrogens (tertiary/aromatic N) is 1. The van der Waals surface area contributed by atoms with E-state index in [4.69, 9.17) is 4.74 Å². The van der Waals surface area contributed by atoms with Crippen molar-refractivity contribution in [1.82, 2.24) is 16.0 Å². The standard InChI is InChI=1S/C23H37N5O3.HI/c1-5-24-21(25-15-6-7-20(29)27-18-12-13-18)26-16-14-17-8-10-19(11-9-17)28-22(30)31-23(2,3)4;/h8-11,18H,5-7,12-16H2,1-4H3,(H,27,29)(H,28,30)(H2,24,25,26);1H. The molecule has 180 valence electrons. The maximum absolute atomic E-state index is 11.8. The third-order valence-corrected chi connectivity index (χ3v) is 4.42. The molecule has 0 bridgehead atoms. The number of anilines is 1. The fourth-order valence-electron chi connectivity index (χ4n) is 2.80. The minimum absolute atomic E-state index is 0. The van der Waals surface area contributed by atoms with Crippen LogP contribution in [0.3, 0.4) is 0 Å². The van der Waals surface area contributed by atoms with Crippen LogP contribution in [-0.2, 0) is 16.0 Å². The van der Waals surface area contributed by atoms with Crippen LogP contribution in [0.1, 0.15) is 58.9 Å². The Kier molecular flexibility index (Phi) is 12.4. The van der Waals surface area contributed by atoms with Crippen LogP contribution in [0.25, 0.3) is 0 Å². The van der Waals surface area contributed by atoms with E-state index >= 15 is 0 Å². The van der Waals surface area contributed by atoms with Gasteiger partial charge in [-0.25, -0.2) is 4.79 Å². The van der Waals surface area contributed by atoms with Gasteiger partial charge in [-0.3, -0.25) is 15.1 Å². The topological polar surface area (TPSA) is 104 Å². The fourth-order valence-corrected chi connectivity index (χ4v) is 2.80. The fraction of sp³-hybridized carbons (Fsp3) is 0.609. The van der Waals surface area contributed by atoms with Crippen LogP contribution >= 0.6 is 24.0 Å². The Morgan fingerprint density at radius 1 is 1.12 bits per heavy atom. The lowest BCUT2D eigenvalue weighted by Gasteiger charge is -2.19. The van der Waals surface area contributed by atoms with Gasteiger partial charge in [-0.2, -0.15) is 0 Å². The van der Waals surface area contributed by atoms with Crippen LogP contribution in [0.2, 0.25) is 0 Å². The number of halogens is 1. The Bertz CT molecular complexity index is 743. The van der Waals surface area contributed by atoms with Gasteiger partial charge in [-0.15, -0.1) is 24.0 Å². The smallest absolute Gasteiger partial charge is 0.412 e. The number of amides is 2. The molecule has 0 spiro atoms. The molecule has 9 heteroatoms. The van der Waals surface area contributed by atoms with Crippen LogP contribution in [0.4, 0.5) is 10.5 Å². The van der Waals surface area contributed by atoms with Crippen molar-refractivity contribution in [3.63, 3.8) is 0 Å². The number of nitrogens with one attached hydrogen (secondary N) is 4. The van der Waals surface area contributed by atoms with E-state index in [0.29, 0.717) is 24.7 Å². The summed E-state index contributed by atoms with van der Waals surface area (Å²) < 4.78 is 5.26. The molecule has 0 unspecified atom stereocenters. The van der Waals surface area contributed by atoms with Gasteiger partial charge in [0.15, 0.2) is 5.96 Å². The van der Waals surface area contributed by atoms with Crippen LogP contribution in [0, 0.1) is 0 Å². The van der Waals surface area contributed by atoms with Crippen LogP contribution < -0.4 is 21.3 Å². The molecule has 0 atom stereocenters. The Labute approximate surface area is 208 Å². The number of aliphatic imine (C=N–C) groups is 1. The molecule has 0 radical (unpaired) electrons. The molecule has 8 nitrogen and oxygen atoms in total. The SMILES string of the molecule is CCNC(=NCCCC(=O)NC1CC1)NCCc1ccc(NC(=O)OC(C)(C)C)cc1.I. The van der Waals surface area contributed by atoms with E-state index in [2.05, 4.69) is 26.3 Å². The van der Waals surface area contributed by atoms with E-state index in [1.807, 2.05) is 52.0 Å². The first-order chi connectivity index (χ1) is 14.7. The van der Waals surface area contributed by atoms with Gasteiger partial charge in [-0.05, 0) is 71.1 Å². The van der Waals surface area contributed by atoms with Crippen molar-refractivity contribution in [3.05, 3.63) is 29.8 Å². The molecule has 0 saturated heterocycles. The number of carbonyl (C=O) groups is 2. The Balaban J connectivity index is 0.00000512. The third kappa shape index (κ3) is 12.7. The first-order valence-electron chi connectivity index (χ1n) is 11.2. The van der Waals surface area contributed by atoms with Crippen LogP contribution in [-0.4, -0.2) is 49.2 Å². The number of carbonyl (C=O) groups excluding carboxylic acids is 2. The Morgan fingerprint density at radius 2 is 1.81 bits per heavy atom. The lowest BCUT2D eigenvalue weighted by molar-refractivity contribution is -0.121. The first kappa shape index (κ1) is 28.0. The predicted molar refractivity (Wildman–Crippen MR) is 140 cm³/mol. The summed E-state index contributed by atoms with van der Waals surface area (Å²) in [4.78, 5) is 28.1. The summed E-state index contributed by atoms with van der Waals surface area (Å²) in [5.41, 5.74) is 1.33. The third-order valence-electron chi connectivity index (χ3n) is 4.42. The number of guanidine groups is 1. The molecule has 1 aliphatic carbocycles. The van der Waals surface area contributed by atoms with E-state index in [1.54, 1.807) is 0 Å². The van der Waals surface area contributed by atoms with Gasteiger partial charge in [0.1, 0.15) is 5.60 Å². The summed E-state index contributed by atoms with van der Waals surface area (Å²) in [6.45, 7) is 9.64. The molecule has 32 heavy (non-hydrogen) atoms. The minimum Gasteiger partial charge on any atom is -0.444 e. The number of ether oxygens (including phenoxy) is 1. The predicted octanol–water partition coefficient (Wildman–Crippen LogP) is 3.81. The average Bonchev–Trinajstić information content (AvgIpc) is 3.49. The second-order valence-electron chi connectivity index (χ2n) is 8.71. The highest BCUT2D eigenvalue weighted by Crippen LogP contribution is 2.18. The Morgan fingerprint density at radius 3 is 2.41 bits per heavy atom. The largest absolute Gasteiger partial charge is 0.444 e. The Hall–Kier alpha value is -2.04. The lowest BCUT2D eigenvalue weighted by atomic mass is 10.1. The summed E-state index contributed by atoms with van der Waals surface area (Å²) in [5, 5.41) is 12.3. The second kappa shape index (κ2) is 14.2. The lowest BCUT2D eigenvalue weighted by Crippen LogP contribution is -2.38. The van der Waals surface area contributed by atoms with Crippen LogP contribution in [0.15, 0.2) is 29.3 Å². The zero-order valence-electron chi connectivity index (χ0n) is 19.6. The van der Waals surface area contributed by atoms with E-state index < -0.39 is 11.7 Å². The molecule has 0 heterocycles. The van der Waals surface area contributed by atoms with Crippen molar-refractivity contribution in [2.24, 2.45) is 4.99 Å². The summed E-state index contributed by atoms with van der Waals surface area (Å²) in [6, 6.07) is 8.11. The van der Waals surface area contributed by atoms with Crippen molar-refractivity contribution in [1.29, 1.82) is 0 Å². The number of hydrogen-bond donors (Lipinski definition) is 4. The zero-order valence-corrected chi connectivity index (χ0v) is 22.0. The highest BCUT2D eigenvalue weighted by Gasteiger charge is 2.22. The van der Waals surface area contributed by atoms with Gasteiger partial charge in [0.25, 0.3) is 0 Å². The molecular formula is C23H38IN5O3. The first-order valence-corrected chi connectivity index (χ1v) is 11.2. The van der Waals surface area contributed by atoms with E-state index in [9.17, 15) is 9.59 Å². The normalized spacial score (nSPS) is 13.6. The van der Waals surface area contributed by atoms with Crippen molar-refractivity contribution in [2.45, 2.75) is 71.4 Å². The maximum atomic E-state index is 11.8. The van der Waals surface area contributed by atoms with Crippen LogP contribution in [0.5, 0.6) is 0 Å². The summed E-state index contributed by atoms with van der Waals surface area (Å²) in [7, 11) is 0. The van der Waals surface area contributed by atoms with Crippen molar-refractivity contribution in [2.75, 3.05) is 25.0 Å². The molecule has 0 aliphatic heterocycles. The van der Waals surface area contributed by atoms with Gasteiger partial charge in [0, 0.05) is 37.8 Å². The molecular weight excluding hydrogens is 521 g/mol. The molecule has 1 fully saturated rings. The zero-order chi connectivity index (χ0) is 22.7. The highest BCUT2D eigenvalue weighted by atomic mass is 127. The monoisotopic (exact) mass is 559 g/mol. The van der Waals surface area contributed by atoms with E-state index in [1.165, 1.54) is 0 Å². The maximum Gasteiger partial charge on any atom is 0.412 e. The number of benzene rings is 1. The average molecular weight is 559 g/mol. The summed E-state index contributed by atoms with van der Waals surface area (Å²) in [5.74, 6) is 0.883. The van der Waals surface area contributed by atoms with Gasteiger partial charge >= 0.3 is 6.09 Å². The molecule has 1 saturated carbocycles. The number of hydrogen-bond acceptors (Lipinski definition) is 4. The highest BCUT2D eigenvalue weighted by molar-refractivity contribution is 14.0. The molecule has 0 aromatic heterocycles. The minimum atomic E-state index is -0.523. The number of rotatable bonds is 10. The quantitative estimate of drug-likeness (QED) is 0.151. The molecule has 1 aliphatic rings. The molecule has 4 N–H and O–H groups in total. The molecule has 1 aromatic rings.